The lowest BCUT2D eigenvalue weighted by atomic mass is 10.0. The molecule has 0 radical (unpaired) electrons. The zero-order valence-electron chi connectivity index (χ0n) is 10.6. The quantitative estimate of drug-likeness (QED) is 0.794. The fraction of sp³-hybridized carbons (Fsp3) is 0.500. The van der Waals surface area contributed by atoms with Crippen molar-refractivity contribution >= 4 is 39.9 Å². The van der Waals surface area contributed by atoms with Crippen molar-refractivity contribution in [1.29, 1.82) is 0 Å². The van der Waals surface area contributed by atoms with Crippen LogP contribution in [0.2, 0.25) is 0 Å². The summed E-state index contributed by atoms with van der Waals surface area (Å²) in [6.07, 6.45) is 3.90. The monoisotopic (exact) mass is 344 g/mol. The van der Waals surface area contributed by atoms with E-state index in [1.165, 1.54) is 19.3 Å². The zero-order valence-corrected chi connectivity index (χ0v) is 13.0. The molecule has 0 spiro atoms. The summed E-state index contributed by atoms with van der Waals surface area (Å²) in [4.78, 5) is 14.4. The van der Waals surface area contributed by atoms with E-state index in [0.717, 1.165) is 29.4 Å². The van der Waals surface area contributed by atoms with Crippen molar-refractivity contribution in [2.45, 2.75) is 19.3 Å². The molecule has 5 heteroatoms. The van der Waals surface area contributed by atoms with Gasteiger partial charge in [0.2, 0.25) is 0 Å². The lowest BCUT2D eigenvalue weighted by Crippen LogP contribution is -2.30. The fourth-order valence-electron chi connectivity index (χ4n) is 3.30. The van der Waals surface area contributed by atoms with Crippen molar-refractivity contribution in [2.75, 3.05) is 18.8 Å². The maximum absolute atomic E-state index is 12.4. The number of likely N-dealkylation sites (tertiary alicyclic amines) is 1. The van der Waals surface area contributed by atoms with E-state index in [0.29, 0.717) is 11.3 Å². The SMILES string of the molecule is Cl.Nc1cc(Br)ccc1C(=O)N1CC2CCCC2C1. The Bertz CT molecular complexity index is 482. The molecule has 2 atom stereocenters. The molecule has 2 fully saturated rings. The van der Waals surface area contributed by atoms with Gasteiger partial charge in [0, 0.05) is 23.2 Å². The first-order valence-corrected chi connectivity index (χ1v) is 7.29. The average Bonchev–Trinajstić information content (AvgIpc) is 2.87. The number of carbonyl (C=O) groups is 1. The minimum absolute atomic E-state index is 0. The van der Waals surface area contributed by atoms with Crippen LogP contribution in [0.1, 0.15) is 29.6 Å². The Hall–Kier alpha value is -0.740. The summed E-state index contributed by atoms with van der Waals surface area (Å²) in [5.41, 5.74) is 7.13. The number of halogens is 2. The summed E-state index contributed by atoms with van der Waals surface area (Å²) >= 11 is 3.36. The van der Waals surface area contributed by atoms with E-state index < -0.39 is 0 Å². The molecule has 3 rings (SSSR count). The summed E-state index contributed by atoms with van der Waals surface area (Å²) in [6.45, 7) is 1.83. The van der Waals surface area contributed by atoms with Crippen molar-refractivity contribution in [2.24, 2.45) is 11.8 Å². The molecule has 1 aromatic rings. The van der Waals surface area contributed by atoms with Gasteiger partial charge in [-0.25, -0.2) is 0 Å². The predicted octanol–water partition coefficient (Wildman–Crippen LogP) is 3.33. The van der Waals surface area contributed by atoms with E-state index in [9.17, 15) is 4.79 Å². The highest BCUT2D eigenvalue weighted by atomic mass is 79.9. The van der Waals surface area contributed by atoms with Gasteiger partial charge in [-0.3, -0.25) is 4.79 Å². The molecule has 2 unspecified atom stereocenters. The molecule has 2 N–H and O–H groups in total. The number of nitrogens with two attached hydrogens (primary N) is 1. The highest BCUT2D eigenvalue weighted by molar-refractivity contribution is 9.10. The molecule has 0 aromatic heterocycles. The number of anilines is 1. The van der Waals surface area contributed by atoms with Gasteiger partial charge in [-0.05, 0) is 42.9 Å². The number of hydrogen-bond acceptors (Lipinski definition) is 2. The van der Waals surface area contributed by atoms with Gasteiger partial charge in [-0.15, -0.1) is 12.4 Å². The number of amides is 1. The molecule has 1 saturated carbocycles. The minimum atomic E-state index is 0. The predicted molar refractivity (Wildman–Crippen MR) is 82.5 cm³/mol. The first kappa shape index (κ1) is 14.7. The van der Waals surface area contributed by atoms with Gasteiger partial charge in [-0.1, -0.05) is 22.4 Å². The van der Waals surface area contributed by atoms with E-state index >= 15 is 0 Å². The molecule has 3 nitrogen and oxygen atoms in total. The Kier molecular flexibility index (Phi) is 4.41. The molecule has 0 bridgehead atoms. The third-order valence-corrected chi connectivity index (χ3v) is 4.75. The highest BCUT2D eigenvalue weighted by Crippen LogP contribution is 2.38. The van der Waals surface area contributed by atoms with Crippen LogP contribution >= 0.6 is 28.3 Å². The Morgan fingerprint density at radius 3 is 2.47 bits per heavy atom. The maximum atomic E-state index is 12.4. The van der Waals surface area contributed by atoms with Gasteiger partial charge in [0.1, 0.15) is 0 Å². The minimum Gasteiger partial charge on any atom is -0.398 e. The van der Waals surface area contributed by atoms with Gasteiger partial charge >= 0.3 is 0 Å². The third-order valence-electron chi connectivity index (χ3n) is 4.26. The van der Waals surface area contributed by atoms with Crippen molar-refractivity contribution in [3.05, 3.63) is 28.2 Å². The first-order valence-electron chi connectivity index (χ1n) is 6.49. The van der Waals surface area contributed by atoms with Crippen LogP contribution in [0.3, 0.4) is 0 Å². The maximum Gasteiger partial charge on any atom is 0.255 e. The molecular weight excluding hydrogens is 328 g/mol. The van der Waals surface area contributed by atoms with Gasteiger partial charge in [0.15, 0.2) is 0 Å². The van der Waals surface area contributed by atoms with Gasteiger partial charge in [-0.2, -0.15) is 0 Å². The topological polar surface area (TPSA) is 46.3 Å². The second-order valence-corrected chi connectivity index (χ2v) is 6.31. The zero-order chi connectivity index (χ0) is 12.7. The van der Waals surface area contributed by atoms with Crippen molar-refractivity contribution in [3.63, 3.8) is 0 Å². The van der Waals surface area contributed by atoms with Crippen molar-refractivity contribution in [1.82, 2.24) is 4.90 Å². The summed E-state index contributed by atoms with van der Waals surface area (Å²) in [5, 5.41) is 0. The van der Waals surface area contributed by atoms with Crippen LogP contribution in [0.4, 0.5) is 5.69 Å². The third kappa shape index (κ3) is 2.75. The molecule has 19 heavy (non-hydrogen) atoms. The number of fused-ring (bicyclic) bond motifs is 1. The van der Waals surface area contributed by atoms with E-state index in [2.05, 4.69) is 15.9 Å². The van der Waals surface area contributed by atoms with Crippen LogP contribution < -0.4 is 5.73 Å². The van der Waals surface area contributed by atoms with E-state index in [4.69, 9.17) is 5.73 Å². The number of nitrogens with zero attached hydrogens (tertiary/aromatic N) is 1. The molecule has 1 aliphatic heterocycles. The average molecular weight is 346 g/mol. The summed E-state index contributed by atoms with van der Waals surface area (Å²) in [7, 11) is 0. The smallest absolute Gasteiger partial charge is 0.255 e. The molecule has 1 heterocycles. The molecule has 1 aliphatic carbocycles. The number of carbonyl (C=O) groups excluding carboxylic acids is 1. The lowest BCUT2D eigenvalue weighted by Gasteiger charge is -2.18. The molecule has 1 aromatic carbocycles. The van der Waals surface area contributed by atoms with Gasteiger partial charge < -0.3 is 10.6 Å². The Balaban J connectivity index is 0.00000133. The van der Waals surface area contributed by atoms with Crippen LogP contribution in [0.5, 0.6) is 0 Å². The summed E-state index contributed by atoms with van der Waals surface area (Å²) in [5.74, 6) is 1.55. The van der Waals surface area contributed by atoms with Crippen LogP contribution in [0.15, 0.2) is 22.7 Å². The van der Waals surface area contributed by atoms with Crippen molar-refractivity contribution < 1.29 is 4.79 Å². The molecule has 2 aliphatic rings. The van der Waals surface area contributed by atoms with Crippen molar-refractivity contribution in [3.8, 4) is 0 Å². The summed E-state index contributed by atoms with van der Waals surface area (Å²) < 4.78 is 0.912. The van der Waals surface area contributed by atoms with Crippen LogP contribution in [-0.4, -0.2) is 23.9 Å². The van der Waals surface area contributed by atoms with E-state index in [-0.39, 0.29) is 18.3 Å². The molecule has 1 saturated heterocycles. The normalized spacial score (nSPS) is 25.0. The van der Waals surface area contributed by atoms with Crippen LogP contribution in [-0.2, 0) is 0 Å². The van der Waals surface area contributed by atoms with E-state index in [1.54, 1.807) is 6.07 Å². The molecular formula is C14H18BrClN2O. The van der Waals surface area contributed by atoms with Gasteiger partial charge in [0.25, 0.3) is 5.91 Å². The Labute approximate surface area is 128 Å². The largest absolute Gasteiger partial charge is 0.398 e. The van der Waals surface area contributed by atoms with Gasteiger partial charge in [0.05, 0.1) is 5.56 Å². The number of rotatable bonds is 1. The second kappa shape index (κ2) is 5.71. The molecule has 104 valence electrons. The van der Waals surface area contributed by atoms with E-state index in [1.807, 2.05) is 17.0 Å². The number of hydrogen-bond donors (Lipinski definition) is 1. The summed E-state index contributed by atoms with van der Waals surface area (Å²) in [6, 6.07) is 5.49. The number of benzene rings is 1. The first-order chi connectivity index (χ1) is 8.65. The van der Waals surface area contributed by atoms with Crippen LogP contribution in [0, 0.1) is 11.8 Å². The Morgan fingerprint density at radius 2 is 1.89 bits per heavy atom. The second-order valence-electron chi connectivity index (χ2n) is 5.39. The Morgan fingerprint density at radius 1 is 1.26 bits per heavy atom. The standard InChI is InChI=1S/C14H17BrN2O.ClH/c15-11-4-5-12(13(16)6-11)14(18)17-7-9-2-1-3-10(9)8-17;/h4-6,9-10H,1-3,7-8,16H2;1H. The highest BCUT2D eigenvalue weighted by Gasteiger charge is 2.38. The number of nitrogen functional groups attached to an aromatic ring is 1. The van der Waals surface area contributed by atoms with Crippen LogP contribution in [0.25, 0.3) is 0 Å². The fourth-order valence-corrected chi connectivity index (χ4v) is 3.68. The lowest BCUT2D eigenvalue weighted by molar-refractivity contribution is 0.0781. The molecule has 1 amide bonds.